The molecule has 1 heterocycles. The topological polar surface area (TPSA) is 95.9 Å². The van der Waals surface area contributed by atoms with E-state index in [0.717, 1.165) is 4.90 Å². The van der Waals surface area contributed by atoms with Gasteiger partial charge in [-0.1, -0.05) is 0 Å². The van der Waals surface area contributed by atoms with Gasteiger partial charge in [-0.3, -0.25) is 19.3 Å². The number of ether oxygens (including phenoxy) is 1. The maximum Gasteiger partial charge on any atom is 0.299 e. The van der Waals surface area contributed by atoms with Crippen molar-refractivity contribution in [2.24, 2.45) is 0 Å². The van der Waals surface area contributed by atoms with E-state index < -0.39 is 17.6 Å². The van der Waals surface area contributed by atoms with Crippen LogP contribution in [0.5, 0.6) is 5.75 Å². The van der Waals surface area contributed by atoms with E-state index >= 15 is 0 Å². The Morgan fingerprint density at radius 1 is 1.40 bits per heavy atom. The average Bonchev–Trinajstić information content (AvgIpc) is 2.69. The Bertz CT molecular complexity index is 570. The second-order valence-corrected chi connectivity index (χ2v) is 4.18. The van der Waals surface area contributed by atoms with Crippen LogP contribution < -0.4 is 15.0 Å². The van der Waals surface area contributed by atoms with E-state index in [1.807, 2.05) is 0 Å². The molecule has 1 aromatic rings. The van der Waals surface area contributed by atoms with Crippen LogP contribution in [0.15, 0.2) is 18.2 Å². The van der Waals surface area contributed by atoms with Crippen molar-refractivity contribution < 1.29 is 24.2 Å². The Morgan fingerprint density at radius 2 is 2.15 bits per heavy atom. The maximum atomic E-state index is 11.9. The third kappa shape index (κ3) is 2.48. The number of nitrogens with one attached hydrogen (secondary N) is 1. The molecule has 0 atom stereocenters. The Kier molecular flexibility index (Phi) is 3.99. The van der Waals surface area contributed by atoms with Crippen molar-refractivity contribution in [2.45, 2.75) is 0 Å². The number of carbonyl (C=O) groups is 3. The van der Waals surface area contributed by atoms with Crippen molar-refractivity contribution in [3.63, 3.8) is 0 Å². The molecule has 0 aliphatic carbocycles. The molecule has 1 aliphatic heterocycles. The molecule has 2 rings (SSSR count). The second kappa shape index (κ2) is 5.70. The maximum absolute atomic E-state index is 11.9. The molecule has 0 aromatic heterocycles. The smallest absolute Gasteiger partial charge is 0.299 e. The minimum atomic E-state index is -0.743. The summed E-state index contributed by atoms with van der Waals surface area (Å²) in [5.41, 5.74) is 0.615. The summed E-state index contributed by atoms with van der Waals surface area (Å²) in [6.07, 6.45) is 0. The Morgan fingerprint density at radius 3 is 2.80 bits per heavy atom. The minimum Gasteiger partial charge on any atom is -0.497 e. The fourth-order valence-electron chi connectivity index (χ4n) is 1.95. The number of fused-ring (bicyclic) bond motifs is 1. The summed E-state index contributed by atoms with van der Waals surface area (Å²) in [7, 11) is 1.47. The van der Waals surface area contributed by atoms with Gasteiger partial charge >= 0.3 is 0 Å². The van der Waals surface area contributed by atoms with Crippen LogP contribution in [-0.4, -0.2) is 49.5 Å². The van der Waals surface area contributed by atoms with Crippen LogP contribution >= 0.6 is 0 Å². The lowest BCUT2D eigenvalue weighted by Crippen LogP contribution is -2.40. The molecule has 0 saturated carbocycles. The largest absolute Gasteiger partial charge is 0.497 e. The van der Waals surface area contributed by atoms with Crippen LogP contribution in [0.25, 0.3) is 0 Å². The van der Waals surface area contributed by atoms with Gasteiger partial charge in [0.05, 0.1) is 25.0 Å². The number of amides is 2. The first-order valence-corrected chi connectivity index (χ1v) is 6.00. The fourth-order valence-corrected chi connectivity index (χ4v) is 1.95. The molecule has 20 heavy (non-hydrogen) atoms. The molecule has 0 bridgehead atoms. The number of hydrogen-bond donors (Lipinski definition) is 2. The summed E-state index contributed by atoms with van der Waals surface area (Å²) < 4.78 is 5.05. The quantitative estimate of drug-likeness (QED) is 0.697. The van der Waals surface area contributed by atoms with E-state index in [4.69, 9.17) is 9.84 Å². The number of hydrogen-bond acceptors (Lipinski definition) is 5. The Balaban J connectivity index is 2.25. The van der Waals surface area contributed by atoms with Gasteiger partial charge in [0.1, 0.15) is 12.3 Å². The van der Waals surface area contributed by atoms with Gasteiger partial charge in [-0.2, -0.15) is 0 Å². The SMILES string of the molecule is COc1ccc2c(c1)N(CC(=O)NCCO)C(=O)C2=O. The fraction of sp³-hybridized carbons (Fsp3) is 0.308. The van der Waals surface area contributed by atoms with Gasteiger partial charge in [0.2, 0.25) is 5.91 Å². The molecule has 7 nitrogen and oxygen atoms in total. The van der Waals surface area contributed by atoms with Crippen molar-refractivity contribution in [1.82, 2.24) is 5.32 Å². The molecule has 0 fully saturated rings. The number of rotatable bonds is 5. The number of anilines is 1. The average molecular weight is 278 g/mol. The van der Waals surface area contributed by atoms with Crippen molar-refractivity contribution in [2.75, 3.05) is 31.7 Å². The summed E-state index contributed by atoms with van der Waals surface area (Å²) in [6.45, 7) is -0.368. The summed E-state index contributed by atoms with van der Waals surface area (Å²) in [4.78, 5) is 36.4. The third-order valence-electron chi connectivity index (χ3n) is 2.92. The number of carbonyl (C=O) groups excluding carboxylic acids is 3. The van der Waals surface area contributed by atoms with Crippen LogP contribution in [0.2, 0.25) is 0 Å². The number of aliphatic hydroxyl groups is 1. The van der Waals surface area contributed by atoms with Gasteiger partial charge in [0.15, 0.2) is 0 Å². The van der Waals surface area contributed by atoms with Crippen molar-refractivity contribution in [1.29, 1.82) is 0 Å². The van der Waals surface area contributed by atoms with Gasteiger partial charge < -0.3 is 15.2 Å². The first-order valence-electron chi connectivity index (χ1n) is 6.00. The first kappa shape index (κ1) is 14.0. The van der Waals surface area contributed by atoms with Gasteiger partial charge in [-0.05, 0) is 12.1 Å². The minimum absolute atomic E-state index is 0.0970. The van der Waals surface area contributed by atoms with Crippen LogP contribution in [0.4, 0.5) is 5.69 Å². The lowest BCUT2D eigenvalue weighted by molar-refractivity contribution is -0.122. The van der Waals surface area contributed by atoms with Gasteiger partial charge in [-0.15, -0.1) is 0 Å². The highest BCUT2D eigenvalue weighted by Gasteiger charge is 2.36. The third-order valence-corrected chi connectivity index (χ3v) is 2.92. The van der Waals surface area contributed by atoms with Crippen LogP contribution in [0.3, 0.4) is 0 Å². The molecular formula is C13H14N2O5. The molecule has 0 spiro atoms. The summed E-state index contributed by atoms with van der Waals surface area (Å²) in [5.74, 6) is -1.34. The molecule has 106 valence electrons. The summed E-state index contributed by atoms with van der Waals surface area (Å²) in [6, 6.07) is 4.62. The van der Waals surface area contributed by atoms with E-state index in [0.29, 0.717) is 11.4 Å². The first-order chi connectivity index (χ1) is 9.58. The second-order valence-electron chi connectivity index (χ2n) is 4.18. The number of nitrogens with zero attached hydrogens (tertiary/aromatic N) is 1. The molecule has 1 aromatic carbocycles. The standard InChI is InChI=1S/C13H14N2O5/c1-20-8-2-3-9-10(6-8)15(13(19)12(9)18)7-11(17)14-4-5-16/h2-3,6,16H,4-5,7H2,1H3,(H,14,17). The summed E-state index contributed by atoms with van der Waals surface area (Å²) >= 11 is 0. The Labute approximate surface area is 115 Å². The van der Waals surface area contributed by atoms with Gasteiger partial charge in [-0.25, -0.2) is 0 Å². The molecule has 0 saturated heterocycles. The number of aliphatic hydroxyl groups excluding tert-OH is 1. The molecule has 2 N–H and O–H groups in total. The normalized spacial score (nSPS) is 13.4. The van der Waals surface area contributed by atoms with Crippen molar-refractivity contribution >= 4 is 23.3 Å². The van der Waals surface area contributed by atoms with Gasteiger partial charge in [0.25, 0.3) is 11.7 Å². The predicted octanol–water partition coefficient (Wildman–Crippen LogP) is -0.667. The predicted molar refractivity (Wildman–Crippen MR) is 69.8 cm³/mol. The molecule has 1 aliphatic rings. The van der Waals surface area contributed by atoms with E-state index in [9.17, 15) is 14.4 Å². The lowest BCUT2D eigenvalue weighted by Gasteiger charge is -2.16. The highest BCUT2D eigenvalue weighted by molar-refractivity contribution is 6.52. The van der Waals surface area contributed by atoms with Crippen molar-refractivity contribution in [3.8, 4) is 5.75 Å². The highest BCUT2D eigenvalue weighted by atomic mass is 16.5. The zero-order valence-corrected chi connectivity index (χ0v) is 10.9. The van der Waals surface area contributed by atoms with E-state index in [1.54, 1.807) is 6.07 Å². The van der Waals surface area contributed by atoms with E-state index in [1.165, 1.54) is 19.2 Å². The zero-order valence-electron chi connectivity index (χ0n) is 10.9. The highest BCUT2D eigenvalue weighted by Crippen LogP contribution is 2.32. The van der Waals surface area contributed by atoms with Crippen LogP contribution in [0, 0.1) is 0 Å². The molecule has 7 heteroatoms. The van der Waals surface area contributed by atoms with Crippen molar-refractivity contribution in [3.05, 3.63) is 23.8 Å². The van der Waals surface area contributed by atoms with Gasteiger partial charge in [0, 0.05) is 12.6 Å². The number of methoxy groups -OCH3 is 1. The zero-order chi connectivity index (χ0) is 14.7. The lowest BCUT2D eigenvalue weighted by atomic mass is 10.1. The molecule has 0 radical (unpaired) electrons. The van der Waals surface area contributed by atoms with Crippen LogP contribution in [0.1, 0.15) is 10.4 Å². The molecule has 2 amide bonds. The molecular weight excluding hydrogens is 264 g/mol. The number of benzene rings is 1. The molecule has 0 unspecified atom stereocenters. The monoisotopic (exact) mass is 278 g/mol. The van der Waals surface area contributed by atoms with E-state index in [2.05, 4.69) is 5.32 Å². The number of Topliss-reactive ketones (excluding diaryl/α,β-unsaturated/α-hetero) is 1. The van der Waals surface area contributed by atoms with E-state index in [-0.39, 0.29) is 25.3 Å². The number of ketones is 1. The van der Waals surface area contributed by atoms with Crippen LogP contribution in [-0.2, 0) is 9.59 Å². The Hall–Kier alpha value is -2.41. The summed E-state index contributed by atoms with van der Waals surface area (Å²) in [5, 5.41) is 11.1.